The molecule has 0 heterocycles. The number of rotatable bonds is 9. The third-order valence-corrected chi connectivity index (χ3v) is 3.84. The van der Waals surface area contributed by atoms with Gasteiger partial charge in [-0.25, -0.2) is 14.4 Å². The Labute approximate surface area is 195 Å². The fraction of sp³-hybridized carbons (Fsp3) is 0.609. The molecule has 186 valence electrons. The predicted octanol–water partition coefficient (Wildman–Crippen LogP) is 4.00. The molecule has 0 unspecified atom stereocenters. The number of ether oxygens (including phenoxy) is 3. The number of anilines is 1. The molecule has 0 bridgehead atoms. The highest BCUT2D eigenvalue weighted by Crippen LogP contribution is 2.26. The van der Waals surface area contributed by atoms with Crippen LogP contribution in [0, 0.1) is 0 Å². The molecule has 2 amide bonds. The van der Waals surface area contributed by atoms with Gasteiger partial charge in [0, 0.05) is 12.6 Å². The molecule has 33 heavy (non-hydrogen) atoms. The SMILES string of the molecule is C[C@@H](CNc1cc(C(=O)O)ccc1OC[C@H](C)NC(=O)OC(C)(C)C)NC(=O)OC(C)(C)C. The van der Waals surface area contributed by atoms with Crippen molar-refractivity contribution in [2.75, 3.05) is 18.5 Å². The number of benzene rings is 1. The molecule has 10 heteroatoms. The van der Waals surface area contributed by atoms with E-state index in [2.05, 4.69) is 16.0 Å². The molecule has 1 rings (SSSR count). The molecule has 10 nitrogen and oxygen atoms in total. The lowest BCUT2D eigenvalue weighted by Gasteiger charge is -2.23. The third kappa shape index (κ3) is 11.9. The lowest BCUT2D eigenvalue weighted by atomic mass is 10.1. The number of hydrogen-bond donors (Lipinski definition) is 4. The Hall–Kier alpha value is -3.17. The van der Waals surface area contributed by atoms with Gasteiger partial charge in [-0.05, 0) is 73.6 Å². The first-order valence-corrected chi connectivity index (χ1v) is 10.8. The van der Waals surface area contributed by atoms with E-state index in [-0.39, 0.29) is 24.3 Å². The minimum absolute atomic E-state index is 0.0810. The van der Waals surface area contributed by atoms with Crippen molar-refractivity contribution in [1.82, 2.24) is 10.6 Å². The summed E-state index contributed by atoms with van der Waals surface area (Å²) in [6.07, 6.45) is -1.10. The van der Waals surface area contributed by atoms with E-state index in [4.69, 9.17) is 14.2 Å². The first-order valence-electron chi connectivity index (χ1n) is 10.8. The highest BCUT2D eigenvalue weighted by atomic mass is 16.6. The Balaban J connectivity index is 2.76. The van der Waals surface area contributed by atoms with Gasteiger partial charge in [0.25, 0.3) is 0 Å². The summed E-state index contributed by atoms with van der Waals surface area (Å²) >= 11 is 0. The molecule has 1 aromatic carbocycles. The molecule has 0 aliphatic rings. The van der Waals surface area contributed by atoms with Crippen LogP contribution in [0.4, 0.5) is 15.3 Å². The Morgan fingerprint density at radius 1 is 0.909 bits per heavy atom. The number of hydrogen-bond acceptors (Lipinski definition) is 7. The van der Waals surface area contributed by atoms with Crippen molar-refractivity contribution >= 4 is 23.8 Å². The number of alkyl carbamates (subject to hydrolysis) is 2. The van der Waals surface area contributed by atoms with E-state index < -0.39 is 29.4 Å². The summed E-state index contributed by atoms with van der Waals surface area (Å²) in [7, 11) is 0. The molecule has 0 fully saturated rings. The lowest BCUT2D eigenvalue weighted by Crippen LogP contribution is -2.41. The summed E-state index contributed by atoms with van der Waals surface area (Å²) in [6, 6.07) is 3.74. The summed E-state index contributed by atoms with van der Waals surface area (Å²) in [6.45, 7) is 14.6. The average molecular weight is 468 g/mol. The molecule has 0 saturated carbocycles. The highest BCUT2D eigenvalue weighted by molar-refractivity contribution is 5.89. The Morgan fingerprint density at radius 3 is 1.91 bits per heavy atom. The molecule has 0 aromatic heterocycles. The van der Waals surface area contributed by atoms with E-state index in [0.29, 0.717) is 18.0 Å². The zero-order valence-corrected chi connectivity index (χ0v) is 20.7. The summed E-state index contributed by atoms with van der Waals surface area (Å²) in [4.78, 5) is 35.2. The molecule has 0 spiro atoms. The van der Waals surface area contributed by atoms with Gasteiger partial charge < -0.3 is 35.3 Å². The van der Waals surface area contributed by atoms with Crippen molar-refractivity contribution in [1.29, 1.82) is 0 Å². The zero-order chi connectivity index (χ0) is 25.4. The van der Waals surface area contributed by atoms with E-state index in [9.17, 15) is 19.5 Å². The third-order valence-electron chi connectivity index (χ3n) is 3.84. The molecule has 0 saturated heterocycles. The van der Waals surface area contributed by atoms with Gasteiger partial charge in [0.2, 0.25) is 0 Å². The average Bonchev–Trinajstić information content (AvgIpc) is 2.61. The van der Waals surface area contributed by atoms with Crippen molar-refractivity contribution in [3.05, 3.63) is 23.8 Å². The second-order valence-electron chi connectivity index (χ2n) is 9.80. The number of carbonyl (C=O) groups is 3. The number of nitrogens with one attached hydrogen (secondary N) is 3. The Kier molecular flexibility index (Phi) is 9.81. The maximum atomic E-state index is 11.9. The van der Waals surface area contributed by atoms with Crippen molar-refractivity contribution in [2.45, 2.75) is 78.7 Å². The topological polar surface area (TPSA) is 135 Å². The fourth-order valence-corrected chi connectivity index (χ4v) is 2.52. The number of carboxylic acid groups (broad SMARTS) is 1. The van der Waals surface area contributed by atoms with Crippen LogP contribution >= 0.6 is 0 Å². The molecular formula is C23H37N3O7. The Morgan fingerprint density at radius 2 is 1.42 bits per heavy atom. The van der Waals surface area contributed by atoms with Gasteiger partial charge in [-0.2, -0.15) is 0 Å². The second kappa shape index (κ2) is 11.6. The van der Waals surface area contributed by atoms with Gasteiger partial charge in [-0.1, -0.05) is 0 Å². The summed E-state index contributed by atoms with van der Waals surface area (Å²) < 4.78 is 16.3. The van der Waals surface area contributed by atoms with Gasteiger partial charge in [0.1, 0.15) is 23.6 Å². The Bertz CT molecular complexity index is 828. The van der Waals surface area contributed by atoms with Crippen LogP contribution in [0.2, 0.25) is 0 Å². The van der Waals surface area contributed by atoms with Gasteiger partial charge in [-0.3, -0.25) is 0 Å². The fourth-order valence-electron chi connectivity index (χ4n) is 2.52. The van der Waals surface area contributed by atoms with Crippen LogP contribution in [-0.4, -0.2) is 59.7 Å². The predicted molar refractivity (Wildman–Crippen MR) is 125 cm³/mol. The van der Waals surface area contributed by atoms with Crippen molar-refractivity contribution in [3.8, 4) is 5.75 Å². The number of aromatic carboxylic acids is 1. The second-order valence-corrected chi connectivity index (χ2v) is 9.80. The summed E-state index contributed by atoms with van der Waals surface area (Å²) in [5.74, 6) is -0.674. The summed E-state index contributed by atoms with van der Waals surface area (Å²) in [5.41, 5.74) is -0.703. The monoisotopic (exact) mass is 467 g/mol. The zero-order valence-electron chi connectivity index (χ0n) is 20.7. The van der Waals surface area contributed by atoms with Crippen molar-refractivity contribution in [2.24, 2.45) is 0 Å². The quantitative estimate of drug-likeness (QED) is 0.428. The number of amides is 2. The van der Waals surface area contributed by atoms with Crippen LogP contribution in [0.3, 0.4) is 0 Å². The highest BCUT2D eigenvalue weighted by Gasteiger charge is 2.20. The van der Waals surface area contributed by atoms with Crippen molar-refractivity contribution < 1.29 is 33.7 Å². The maximum absolute atomic E-state index is 11.9. The normalized spacial score (nSPS) is 13.3. The molecular weight excluding hydrogens is 430 g/mol. The first-order chi connectivity index (χ1) is 15.1. The van der Waals surface area contributed by atoms with Gasteiger partial charge in [0.15, 0.2) is 0 Å². The molecule has 4 N–H and O–H groups in total. The van der Waals surface area contributed by atoms with E-state index in [1.54, 1.807) is 55.4 Å². The van der Waals surface area contributed by atoms with E-state index >= 15 is 0 Å². The summed E-state index contributed by atoms with van der Waals surface area (Å²) in [5, 5.41) is 17.8. The van der Waals surface area contributed by atoms with Crippen LogP contribution in [0.25, 0.3) is 0 Å². The molecule has 2 atom stereocenters. The minimum atomic E-state index is -1.08. The van der Waals surface area contributed by atoms with Crippen LogP contribution < -0.4 is 20.7 Å². The molecule has 0 aliphatic heterocycles. The van der Waals surface area contributed by atoms with Gasteiger partial charge >= 0.3 is 18.2 Å². The smallest absolute Gasteiger partial charge is 0.407 e. The first kappa shape index (κ1) is 27.9. The minimum Gasteiger partial charge on any atom is -0.489 e. The van der Waals surface area contributed by atoms with Crippen LogP contribution in [0.1, 0.15) is 65.7 Å². The van der Waals surface area contributed by atoms with Crippen LogP contribution in [-0.2, 0) is 9.47 Å². The van der Waals surface area contributed by atoms with E-state index in [1.165, 1.54) is 18.2 Å². The van der Waals surface area contributed by atoms with Crippen LogP contribution in [0.5, 0.6) is 5.75 Å². The number of carbonyl (C=O) groups excluding carboxylic acids is 2. The van der Waals surface area contributed by atoms with Gasteiger partial charge in [0.05, 0.1) is 17.3 Å². The van der Waals surface area contributed by atoms with Crippen LogP contribution in [0.15, 0.2) is 18.2 Å². The lowest BCUT2D eigenvalue weighted by molar-refractivity contribution is 0.0487. The molecule has 1 aromatic rings. The largest absolute Gasteiger partial charge is 0.489 e. The molecule has 0 aliphatic carbocycles. The van der Waals surface area contributed by atoms with E-state index in [1.807, 2.05) is 0 Å². The molecule has 0 radical (unpaired) electrons. The van der Waals surface area contributed by atoms with Crippen molar-refractivity contribution in [3.63, 3.8) is 0 Å². The number of carboxylic acids is 1. The van der Waals surface area contributed by atoms with Gasteiger partial charge in [-0.15, -0.1) is 0 Å². The maximum Gasteiger partial charge on any atom is 0.407 e. The van der Waals surface area contributed by atoms with E-state index in [0.717, 1.165) is 0 Å². The standard InChI is InChI=1S/C23H37N3O7/c1-14(25-20(29)32-22(3,4)5)12-24-17-11-16(19(27)28)9-10-18(17)31-13-15(2)26-21(30)33-23(6,7)8/h9-11,14-15,24H,12-13H2,1-8H3,(H,25,29)(H,26,30)(H,27,28)/t14-,15-/m0/s1.